The molecule has 1 rings (SSSR count). The largest absolute Gasteiger partial charge is 0.390 e. The number of carbonyl (C=O) groups is 1. The first-order valence-corrected chi connectivity index (χ1v) is 5.99. The molecule has 1 aliphatic rings. The number of hydrogen-bond donors (Lipinski definition) is 1. The Morgan fingerprint density at radius 3 is 2.62 bits per heavy atom. The average molecular weight is 223 g/mol. The topological polar surface area (TPSA) is 40.5 Å². The van der Waals surface area contributed by atoms with Gasteiger partial charge < -0.3 is 10.0 Å². The number of amides is 1. The summed E-state index contributed by atoms with van der Waals surface area (Å²) in [6, 6.07) is 0. The van der Waals surface area contributed by atoms with Crippen LogP contribution in [0.3, 0.4) is 0 Å². The zero-order valence-electron chi connectivity index (χ0n) is 10.0. The van der Waals surface area contributed by atoms with Gasteiger partial charge in [-0.2, -0.15) is 0 Å². The van der Waals surface area contributed by atoms with Crippen LogP contribution in [-0.2, 0) is 4.79 Å². The second-order valence-electron chi connectivity index (χ2n) is 4.79. The molecule has 1 fully saturated rings. The molecule has 1 aliphatic heterocycles. The van der Waals surface area contributed by atoms with E-state index in [-0.39, 0.29) is 5.91 Å². The summed E-state index contributed by atoms with van der Waals surface area (Å²) < 4.78 is 0. The minimum atomic E-state index is -0.583. The fourth-order valence-electron chi connectivity index (χ4n) is 1.90. The first-order chi connectivity index (χ1) is 7.55. The van der Waals surface area contributed by atoms with Gasteiger partial charge in [-0.1, -0.05) is 0 Å². The van der Waals surface area contributed by atoms with E-state index in [0.29, 0.717) is 32.4 Å². The maximum Gasteiger partial charge on any atom is 0.222 e. The molecule has 0 aliphatic carbocycles. The maximum absolute atomic E-state index is 11.8. The number of rotatable bonds is 4. The quantitative estimate of drug-likeness (QED) is 0.580. The highest BCUT2D eigenvalue weighted by Gasteiger charge is 2.28. The molecule has 0 radical (unpaired) electrons. The smallest absolute Gasteiger partial charge is 0.222 e. The summed E-state index contributed by atoms with van der Waals surface area (Å²) in [7, 11) is 0. The summed E-state index contributed by atoms with van der Waals surface area (Å²) in [5.74, 6) is 2.78. The summed E-state index contributed by atoms with van der Waals surface area (Å²) in [5.41, 5.74) is -0.583. The molecule has 90 valence electrons. The van der Waals surface area contributed by atoms with Crippen molar-refractivity contribution in [2.75, 3.05) is 13.1 Å². The van der Waals surface area contributed by atoms with Gasteiger partial charge in [0.2, 0.25) is 5.91 Å². The van der Waals surface area contributed by atoms with E-state index in [0.717, 1.165) is 19.3 Å². The van der Waals surface area contributed by atoms with Crippen molar-refractivity contribution in [1.29, 1.82) is 0 Å². The van der Waals surface area contributed by atoms with Gasteiger partial charge in [-0.15, -0.1) is 12.3 Å². The van der Waals surface area contributed by atoms with Crippen LogP contribution >= 0.6 is 0 Å². The number of carbonyl (C=O) groups excluding carboxylic acids is 1. The number of nitrogens with zero attached hydrogens (tertiary/aromatic N) is 1. The Bertz CT molecular complexity index is 268. The predicted octanol–water partition coefficient (Wildman–Crippen LogP) is 1.55. The maximum atomic E-state index is 11.8. The van der Waals surface area contributed by atoms with Crippen LogP contribution in [0.25, 0.3) is 0 Å². The second kappa shape index (κ2) is 5.91. The summed E-state index contributed by atoms with van der Waals surface area (Å²) in [4.78, 5) is 13.6. The van der Waals surface area contributed by atoms with Gasteiger partial charge in [0.1, 0.15) is 0 Å². The van der Waals surface area contributed by atoms with Gasteiger partial charge >= 0.3 is 0 Å². The van der Waals surface area contributed by atoms with Crippen molar-refractivity contribution in [2.24, 2.45) is 0 Å². The zero-order valence-corrected chi connectivity index (χ0v) is 10.0. The summed E-state index contributed by atoms with van der Waals surface area (Å²) in [5, 5.41) is 9.76. The molecule has 1 heterocycles. The first kappa shape index (κ1) is 13.1. The molecule has 1 N–H and O–H groups in total. The number of likely N-dealkylation sites (tertiary alicyclic amines) is 1. The van der Waals surface area contributed by atoms with E-state index < -0.39 is 5.60 Å². The molecule has 0 aromatic rings. The van der Waals surface area contributed by atoms with Crippen LogP contribution in [0, 0.1) is 12.3 Å². The van der Waals surface area contributed by atoms with Crippen LogP contribution in [0.5, 0.6) is 0 Å². The van der Waals surface area contributed by atoms with E-state index in [9.17, 15) is 9.90 Å². The molecule has 0 bridgehead atoms. The van der Waals surface area contributed by atoms with E-state index in [1.165, 1.54) is 0 Å². The number of piperidine rings is 1. The summed E-state index contributed by atoms with van der Waals surface area (Å²) in [6.45, 7) is 3.20. The Morgan fingerprint density at radius 1 is 1.44 bits per heavy atom. The van der Waals surface area contributed by atoms with Gasteiger partial charge in [-0.3, -0.25) is 4.79 Å². The number of aliphatic hydroxyl groups is 1. The Hall–Kier alpha value is -1.01. The lowest BCUT2D eigenvalue weighted by molar-refractivity contribution is -0.135. The van der Waals surface area contributed by atoms with Gasteiger partial charge in [0.25, 0.3) is 0 Å². The van der Waals surface area contributed by atoms with E-state index in [1.54, 1.807) is 0 Å². The normalized spacial score (nSPS) is 19.2. The van der Waals surface area contributed by atoms with E-state index in [1.807, 2.05) is 11.8 Å². The van der Waals surface area contributed by atoms with Crippen LogP contribution in [0.4, 0.5) is 0 Å². The molecule has 0 aromatic heterocycles. The van der Waals surface area contributed by atoms with Crippen molar-refractivity contribution in [2.45, 2.75) is 51.0 Å². The lowest BCUT2D eigenvalue weighted by Gasteiger charge is -2.35. The number of terminal acetylenes is 1. The standard InChI is InChI=1S/C13H21NO2/c1-3-4-5-6-7-12(15)14-10-8-13(2,16)9-11-14/h1,16H,4-11H2,2H3. The van der Waals surface area contributed by atoms with E-state index in [4.69, 9.17) is 6.42 Å². The Balaban J connectivity index is 2.21. The van der Waals surface area contributed by atoms with Crippen molar-refractivity contribution in [3.05, 3.63) is 0 Å². The lowest BCUT2D eigenvalue weighted by Crippen LogP contribution is -2.45. The Labute approximate surface area is 97.8 Å². The highest BCUT2D eigenvalue weighted by molar-refractivity contribution is 5.76. The molecule has 0 saturated carbocycles. The van der Waals surface area contributed by atoms with Crippen molar-refractivity contribution < 1.29 is 9.90 Å². The van der Waals surface area contributed by atoms with Crippen molar-refractivity contribution >= 4 is 5.91 Å². The van der Waals surface area contributed by atoms with Crippen molar-refractivity contribution in [3.8, 4) is 12.3 Å². The molecule has 3 heteroatoms. The molecule has 0 atom stereocenters. The van der Waals surface area contributed by atoms with Crippen LogP contribution < -0.4 is 0 Å². The molecule has 0 unspecified atom stereocenters. The van der Waals surface area contributed by atoms with Crippen LogP contribution in [0.15, 0.2) is 0 Å². The monoisotopic (exact) mass is 223 g/mol. The number of hydrogen-bond acceptors (Lipinski definition) is 2. The SMILES string of the molecule is C#CCCCCC(=O)N1CCC(C)(O)CC1. The minimum Gasteiger partial charge on any atom is -0.390 e. The fraction of sp³-hybridized carbons (Fsp3) is 0.769. The summed E-state index contributed by atoms with van der Waals surface area (Å²) in [6.07, 6.45) is 9.65. The molecule has 1 saturated heterocycles. The minimum absolute atomic E-state index is 0.201. The van der Waals surface area contributed by atoms with Crippen LogP contribution in [0.2, 0.25) is 0 Å². The van der Waals surface area contributed by atoms with Gasteiger partial charge in [-0.25, -0.2) is 0 Å². The molecule has 1 amide bonds. The molecular formula is C13H21NO2. The van der Waals surface area contributed by atoms with Gasteiger partial charge in [0.15, 0.2) is 0 Å². The van der Waals surface area contributed by atoms with Crippen molar-refractivity contribution in [1.82, 2.24) is 4.90 Å². The van der Waals surface area contributed by atoms with Crippen LogP contribution in [-0.4, -0.2) is 34.6 Å². The summed E-state index contributed by atoms with van der Waals surface area (Å²) >= 11 is 0. The molecular weight excluding hydrogens is 202 g/mol. The predicted molar refractivity (Wildman–Crippen MR) is 63.7 cm³/mol. The molecule has 16 heavy (non-hydrogen) atoms. The first-order valence-electron chi connectivity index (χ1n) is 5.99. The zero-order chi connectivity index (χ0) is 12.0. The molecule has 3 nitrogen and oxygen atoms in total. The molecule has 0 spiro atoms. The average Bonchev–Trinajstić information content (AvgIpc) is 2.24. The fourth-order valence-corrected chi connectivity index (χ4v) is 1.90. The van der Waals surface area contributed by atoms with Gasteiger partial charge in [0.05, 0.1) is 5.60 Å². The highest BCUT2D eigenvalue weighted by Crippen LogP contribution is 2.21. The highest BCUT2D eigenvalue weighted by atomic mass is 16.3. The third-order valence-corrected chi connectivity index (χ3v) is 3.16. The van der Waals surface area contributed by atoms with Crippen molar-refractivity contribution in [3.63, 3.8) is 0 Å². The molecule has 0 aromatic carbocycles. The second-order valence-corrected chi connectivity index (χ2v) is 4.79. The van der Waals surface area contributed by atoms with E-state index in [2.05, 4.69) is 5.92 Å². The Morgan fingerprint density at radius 2 is 2.06 bits per heavy atom. The van der Waals surface area contributed by atoms with Gasteiger partial charge in [0, 0.05) is 25.9 Å². The van der Waals surface area contributed by atoms with E-state index >= 15 is 0 Å². The van der Waals surface area contributed by atoms with Gasteiger partial charge in [-0.05, 0) is 32.6 Å². The number of unbranched alkanes of at least 4 members (excludes halogenated alkanes) is 2. The van der Waals surface area contributed by atoms with Crippen LogP contribution in [0.1, 0.15) is 45.4 Å². The third-order valence-electron chi connectivity index (χ3n) is 3.16. The third kappa shape index (κ3) is 4.24. The lowest BCUT2D eigenvalue weighted by atomic mass is 9.93. The Kier molecular flexibility index (Phi) is 4.82.